The minimum absolute atomic E-state index is 0.0138. The van der Waals surface area contributed by atoms with Gasteiger partial charge in [-0.05, 0) is 23.8 Å². The summed E-state index contributed by atoms with van der Waals surface area (Å²) in [5, 5.41) is 26.5. The van der Waals surface area contributed by atoms with Gasteiger partial charge < -0.3 is 15.3 Å². The van der Waals surface area contributed by atoms with Crippen LogP contribution in [0.15, 0.2) is 35.2 Å². The van der Waals surface area contributed by atoms with Crippen molar-refractivity contribution in [3.63, 3.8) is 0 Å². The molecule has 0 aliphatic carbocycles. The summed E-state index contributed by atoms with van der Waals surface area (Å²) in [6.07, 6.45) is 2.73. The third-order valence-corrected chi connectivity index (χ3v) is 4.22. The van der Waals surface area contributed by atoms with Crippen LogP contribution in [0.25, 0.3) is 6.08 Å². The minimum Gasteiger partial charge on any atom is -0.395 e. The van der Waals surface area contributed by atoms with Gasteiger partial charge in [-0.15, -0.1) is 0 Å². The van der Waals surface area contributed by atoms with Crippen LogP contribution in [0.1, 0.15) is 5.56 Å². The molecule has 8 heteroatoms. The predicted octanol–water partition coefficient (Wildman–Crippen LogP) is -1.17. The molecule has 1 radical (unpaired) electrons. The molecule has 0 atom stereocenters. The van der Waals surface area contributed by atoms with Gasteiger partial charge in [0, 0.05) is 0 Å². The molecular formula is C13H13O7S. The number of ketones is 1. The zero-order chi connectivity index (χ0) is 16.1. The van der Waals surface area contributed by atoms with Crippen LogP contribution in [0.4, 0.5) is 0 Å². The van der Waals surface area contributed by atoms with Crippen LogP contribution < -0.4 is 0 Å². The van der Waals surface area contributed by atoms with E-state index in [0.29, 0.717) is 5.56 Å². The second-order valence-electron chi connectivity index (χ2n) is 4.08. The number of sulfone groups is 1. The molecule has 0 fully saturated rings. The van der Waals surface area contributed by atoms with Gasteiger partial charge in [0.1, 0.15) is 0 Å². The zero-order valence-corrected chi connectivity index (χ0v) is 11.6. The molecule has 7 nitrogen and oxygen atoms in total. The summed E-state index contributed by atoms with van der Waals surface area (Å²) in [5.74, 6) is -4.86. The van der Waals surface area contributed by atoms with Crippen LogP contribution >= 0.6 is 0 Å². The Hall–Kier alpha value is -1.87. The van der Waals surface area contributed by atoms with Crippen LogP contribution in [0.5, 0.6) is 0 Å². The number of aliphatic hydroxyl groups is 3. The van der Waals surface area contributed by atoms with E-state index >= 15 is 0 Å². The van der Waals surface area contributed by atoms with Crippen LogP contribution in [0, 0.1) is 0 Å². The topological polar surface area (TPSA) is 129 Å². The number of hydrogen-bond donors (Lipinski definition) is 3. The Balaban J connectivity index is 2.90. The first-order chi connectivity index (χ1) is 9.73. The fourth-order valence-electron chi connectivity index (χ4n) is 1.36. The van der Waals surface area contributed by atoms with E-state index in [0.717, 1.165) is 12.4 Å². The van der Waals surface area contributed by atoms with Crippen molar-refractivity contribution >= 4 is 28.0 Å². The average Bonchev–Trinajstić information content (AvgIpc) is 2.45. The van der Waals surface area contributed by atoms with Gasteiger partial charge in [0.05, 0.1) is 17.3 Å². The van der Waals surface area contributed by atoms with Gasteiger partial charge in [0.15, 0.2) is 9.84 Å². The van der Waals surface area contributed by atoms with E-state index in [9.17, 15) is 18.0 Å². The molecule has 113 valence electrons. The first-order valence-corrected chi connectivity index (χ1v) is 7.38. The van der Waals surface area contributed by atoms with Crippen LogP contribution in [0.3, 0.4) is 0 Å². The number of carbonyl (C=O) groups excluding carboxylic acids is 2. The normalized spacial score (nSPS) is 12.5. The number of aliphatic hydroxyl groups excluding tert-OH is 1. The molecule has 0 spiro atoms. The predicted molar refractivity (Wildman–Crippen MR) is 72.5 cm³/mol. The van der Waals surface area contributed by atoms with Gasteiger partial charge in [-0.25, -0.2) is 8.42 Å². The Morgan fingerprint density at radius 1 is 1.24 bits per heavy atom. The number of rotatable bonds is 7. The molecular weight excluding hydrogens is 300 g/mol. The second-order valence-corrected chi connectivity index (χ2v) is 6.19. The smallest absolute Gasteiger partial charge is 0.297 e. The Morgan fingerprint density at radius 2 is 1.81 bits per heavy atom. The Morgan fingerprint density at radius 3 is 2.29 bits per heavy atom. The van der Waals surface area contributed by atoms with Crippen molar-refractivity contribution in [3.8, 4) is 0 Å². The summed E-state index contributed by atoms with van der Waals surface area (Å²) < 4.78 is 23.3. The third kappa shape index (κ3) is 4.57. The number of carbonyl (C=O) groups is 1. The summed E-state index contributed by atoms with van der Waals surface area (Å²) in [5.41, 5.74) is 0.410. The molecule has 1 rings (SSSR count). The van der Waals surface area contributed by atoms with Gasteiger partial charge in [0.25, 0.3) is 12.1 Å². The highest BCUT2D eigenvalue weighted by Gasteiger charge is 2.31. The largest absolute Gasteiger partial charge is 0.395 e. The maximum absolute atomic E-state index is 11.6. The fraction of sp³-hybridized carbons (Fsp3) is 0.231. The molecule has 0 aliphatic rings. The maximum Gasteiger partial charge on any atom is 0.297 e. The van der Waals surface area contributed by atoms with Crippen molar-refractivity contribution in [2.24, 2.45) is 0 Å². The first-order valence-electron chi connectivity index (χ1n) is 5.73. The first kappa shape index (κ1) is 17.2. The maximum atomic E-state index is 11.6. The minimum atomic E-state index is -3.56. The molecule has 0 saturated heterocycles. The molecule has 0 bridgehead atoms. The van der Waals surface area contributed by atoms with Crippen LogP contribution in [0.2, 0.25) is 0 Å². The lowest BCUT2D eigenvalue weighted by atomic mass is 10.1. The molecule has 1 aromatic carbocycles. The van der Waals surface area contributed by atoms with E-state index in [1.807, 2.05) is 0 Å². The lowest BCUT2D eigenvalue weighted by Gasteiger charge is -2.07. The van der Waals surface area contributed by atoms with Gasteiger partial charge in [-0.3, -0.25) is 9.59 Å². The standard InChI is InChI=1S/C13H13O7S/c14-7-8-21(19,20)11-4-1-10(2-5-11)3-6-12(16)13(17,18)9-15/h1-6,14,17-18H,7-8H2. The Bertz CT molecular complexity index is 642. The van der Waals surface area contributed by atoms with E-state index in [4.69, 9.17) is 15.3 Å². The van der Waals surface area contributed by atoms with Crippen molar-refractivity contribution in [2.45, 2.75) is 10.7 Å². The molecule has 21 heavy (non-hydrogen) atoms. The molecule has 0 aromatic heterocycles. The van der Waals surface area contributed by atoms with E-state index in [2.05, 4.69) is 0 Å². The van der Waals surface area contributed by atoms with Crippen LogP contribution in [-0.4, -0.2) is 54.0 Å². The van der Waals surface area contributed by atoms with Crippen molar-refractivity contribution in [3.05, 3.63) is 35.9 Å². The SMILES string of the molecule is O=[C]C(O)(O)C(=O)C=Cc1ccc(S(=O)(=O)CCO)cc1. The van der Waals surface area contributed by atoms with Crippen molar-refractivity contribution in [1.29, 1.82) is 0 Å². The highest BCUT2D eigenvalue weighted by atomic mass is 32.2. The number of hydrogen-bond acceptors (Lipinski definition) is 7. The van der Waals surface area contributed by atoms with Crippen molar-refractivity contribution in [1.82, 2.24) is 0 Å². The van der Waals surface area contributed by atoms with Crippen molar-refractivity contribution in [2.75, 3.05) is 12.4 Å². The quantitative estimate of drug-likeness (QED) is 0.328. The third-order valence-electron chi connectivity index (χ3n) is 2.51. The summed E-state index contributed by atoms with van der Waals surface area (Å²) in [7, 11) is -3.56. The average molecular weight is 313 g/mol. The fourth-order valence-corrected chi connectivity index (χ4v) is 2.39. The van der Waals surface area contributed by atoms with Gasteiger partial charge in [0.2, 0.25) is 5.78 Å². The van der Waals surface area contributed by atoms with E-state index in [1.165, 1.54) is 30.3 Å². The molecule has 0 amide bonds. The van der Waals surface area contributed by atoms with Crippen LogP contribution in [-0.2, 0) is 19.4 Å². The summed E-state index contributed by atoms with van der Waals surface area (Å²) >= 11 is 0. The summed E-state index contributed by atoms with van der Waals surface area (Å²) in [6, 6.07) is 5.34. The van der Waals surface area contributed by atoms with Gasteiger partial charge >= 0.3 is 0 Å². The molecule has 0 aliphatic heterocycles. The van der Waals surface area contributed by atoms with E-state index < -0.39 is 33.8 Å². The Labute approximate surface area is 121 Å². The molecule has 0 heterocycles. The lowest BCUT2D eigenvalue weighted by Crippen LogP contribution is -2.38. The van der Waals surface area contributed by atoms with Gasteiger partial charge in [-0.2, -0.15) is 0 Å². The summed E-state index contributed by atoms with van der Waals surface area (Å²) in [6.45, 7) is -0.490. The lowest BCUT2D eigenvalue weighted by molar-refractivity contribution is -0.153. The molecule has 3 N–H and O–H groups in total. The highest BCUT2D eigenvalue weighted by molar-refractivity contribution is 7.91. The Kier molecular flexibility index (Phi) is 5.50. The summed E-state index contributed by atoms with van der Waals surface area (Å²) in [4.78, 5) is 21.4. The molecule has 0 saturated carbocycles. The second kappa shape index (κ2) is 6.72. The molecule has 1 aromatic rings. The number of benzene rings is 1. The highest BCUT2D eigenvalue weighted by Crippen LogP contribution is 2.13. The van der Waals surface area contributed by atoms with E-state index in [-0.39, 0.29) is 4.90 Å². The zero-order valence-electron chi connectivity index (χ0n) is 10.8. The monoisotopic (exact) mass is 313 g/mol. The van der Waals surface area contributed by atoms with Crippen molar-refractivity contribution < 1.29 is 33.3 Å². The molecule has 0 unspecified atom stereocenters. The van der Waals surface area contributed by atoms with Gasteiger partial charge in [-0.1, -0.05) is 18.2 Å². The van der Waals surface area contributed by atoms with E-state index in [1.54, 1.807) is 0 Å².